The lowest BCUT2D eigenvalue weighted by Crippen LogP contribution is -2.35. The molecule has 6 nitrogen and oxygen atoms in total. The number of imidazole rings is 1. The van der Waals surface area contributed by atoms with Gasteiger partial charge in [0.25, 0.3) is 5.82 Å². The third-order valence-corrected chi connectivity index (χ3v) is 10.2. The number of carbonyl (C=O) groups is 1. The van der Waals surface area contributed by atoms with Crippen molar-refractivity contribution in [3.05, 3.63) is 113 Å². The molecule has 274 valence electrons. The molecule has 7 aromatic rings. The lowest BCUT2D eigenvalue weighted by atomic mass is 10.1. The second-order valence-corrected chi connectivity index (χ2v) is 13.5. The monoisotopic (exact) mass is 740 g/mol. The Morgan fingerprint density at radius 3 is 2.38 bits per heavy atom. The SMILES string of the molecule is CCCCn1/c(=C/C=C(/C=C/c2n(CC)c3ccc(C(=O)OCC)cc3[n+]2CC)c2nc3ccccc3s2)c2cccc3cccc1c32.F[B-](F)(F)F. The Morgan fingerprint density at radius 1 is 0.925 bits per heavy atom. The van der Waals surface area contributed by atoms with Crippen LogP contribution in [0.25, 0.3) is 60.7 Å². The van der Waals surface area contributed by atoms with Crippen molar-refractivity contribution in [1.29, 1.82) is 0 Å². The first-order valence-corrected chi connectivity index (χ1v) is 18.7. The van der Waals surface area contributed by atoms with E-state index in [2.05, 4.69) is 113 Å². The number of rotatable bonds is 11. The van der Waals surface area contributed by atoms with Crippen molar-refractivity contribution < 1.29 is 31.4 Å². The van der Waals surface area contributed by atoms with Crippen molar-refractivity contribution >= 4 is 85.2 Å². The Balaban J connectivity index is 0.000000902. The number of hydrogen-bond donors (Lipinski definition) is 0. The number of carbonyl (C=O) groups excluding carboxylic acids is 1. The second-order valence-electron chi connectivity index (χ2n) is 12.4. The highest BCUT2D eigenvalue weighted by Gasteiger charge is 2.23. The minimum Gasteiger partial charge on any atom is -0.462 e. The molecule has 0 spiro atoms. The first-order valence-electron chi connectivity index (χ1n) is 17.9. The zero-order chi connectivity index (χ0) is 37.7. The van der Waals surface area contributed by atoms with Gasteiger partial charge in [0.05, 0.1) is 35.5 Å². The molecule has 0 radical (unpaired) electrons. The van der Waals surface area contributed by atoms with Gasteiger partial charge >= 0.3 is 13.2 Å². The molecule has 53 heavy (non-hydrogen) atoms. The highest BCUT2D eigenvalue weighted by molar-refractivity contribution is 7.19. The normalized spacial score (nSPS) is 12.8. The quantitative estimate of drug-likeness (QED) is 0.0436. The van der Waals surface area contributed by atoms with Crippen LogP contribution >= 0.6 is 11.3 Å². The molecule has 0 saturated carbocycles. The van der Waals surface area contributed by atoms with Crippen LogP contribution in [0.2, 0.25) is 0 Å². The number of esters is 1. The number of thiazole rings is 1. The van der Waals surface area contributed by atoms with Crippen LogP contribution in [-0.4, -0.2) is 33.9 Å². The minimum absolute atomic E-state index is 0.296. The van der Waals surface area contributed by atoms with Gasteiger partial charge < -0.3 is 26.6 Å². The fraction of sp³-hybridized carbons (Fsp3) is 0.244. The van der Waals surface area contributed by atoms with Crippen LogP contribution in [0.3, 0.4) is 0 Å². The van der Waals surface area contributed by atoms with Crippen LogP contribution in [0.5, 0.6) is 0 Å². The summed E-state index contributed by atoms with van der Waals surface area (Å²) in [6, 6.07) is 27.4. The van der Waals surface area contributed by atoms with Crippen LogP contribution in [0.1, 0.15) is 61.7 Å². The lowest BCUT2D eigenvalue weighted by Gasteiger charge is -2.05. The number of halogens is 4. The summed E-state index contributed by atoms with van der Waals surface area (Å²) in [6.45, 7) is 11.3. The molecule has 12 heteroatoms. The number of hydrogen-bond acceptors (Lipinski definition) is 4. The highest BCUT2D eigenvalue weighted by Crippen LogP contribution is 2.30. The molecule has 0 unspecified atom stereocenters. The maximum atomic E-state index is 12.6. The van der Waals surface area contributed by atoms with Gasteiger partial charge in [-0.1, -0.05) is 55.8 Å². The van der Waals surface area contributed by atoms with Gasteiger partial charge in [0.1, 0.15) is 5.01 Å². The maximum Gasteiger partial charge on any atom is 0.673 e. The summed E-state index contributed by atoms with van der Waals surface area (Å²) in [5, 5.41) is 6.07. The molecule has 3 heterocycles. The summed E-state index contributed by atoms with van der Waals surface area (Å²) >= 11 is 1.72. The molecule has 0 fully saturated rings. The summed E-state index contributed by atoms with van der Waals surface area (Å²) in [6.07, 6.45) is 11.2. The summed E-state index contributed by atoms with van der Waals surface area (Å²) in [5.41, 5.74) is 6.00. The number of fused-ring (bicyclic) bond motifs is 2. The van der Waals surface area contributed by atoms with E-state index < -0.39 is 7.25 Å². The van der Waals surface area contributed by atoms with E-state index in [0.717, 1.165) is 65.4 Å². The number of nitrogens with zero attached hydrogens (tertiary/aromatic N) is 4. The predicted octanol–water partition coefficient (Wildman–Crippen LogP) is 10.3. The minimum atomic E-state index is -6.00. The highest BCUT2D eigenvalue weighted by atomic mass is 32.1. The molecule has 0 N–H and O–H groups in total. The van der Waals surface area contributed by atoms with Gasteiger partial charge in [0.2, 0.25) is 0 Å². The maximum absolute atomic E-state index is 12.6. The van der Waals surface area contributed by atoms with E-state index in [1.165, 1.54) is 31.7 Å². The van der Waals surface area contributed by atoms with Crippen molar-refractivity contribution in [3.8, 4) is 0 Å². The topological polar surface area (TPSA) is 52.9 Å². The Morgan fingerprint density at radius 2 is 1.68 bits per heavy atom. The van der Waals surface area contributed by atoms with Crippen molar-refractivity contribution in [2.45, 2.75) is 60.2 Å². The predicted molar refractivity (Wildman–Crippen MR) is 210 cm³/mol. The molecule has 0 aliphatic carbocycles. The summed E-state index contributed by atoms with van der Waals surface area (Å²) in [4.78, 5) is 17.7. The summed E-state index contributed by atoms with van der Waals surface area (Å²) < 4.78 is 52.5. The number of aromatic nitrogens is 4. The van der Waals surface area contributed by atoms with E-state index in [-0.39, 0.29) is 5.97 Å². The number of para-hydroxylation sites is 1. The Hall–Kier alpha value is -5.23. The lowest BCUT2D eigenvalue weighted by molar-refractivity contribution is -0.670. The van der Waals surface area contributed by atoms with Crippen molar-refractivity contribution in [3.63, 3.8) is 0 Å². The standard InChI is InChI=1S/C41H41N4O2S.BF4/c1-5-9-26-45-33(31-16-12-14-28-15-13-18-35(45)39(28)31)23-20-29(40-42-32-17-10-11-19-37(32)48-40)22-25-38-43(6-2)34-24-21-30(41(46)47-8-4)27-36(34)44(38)7-3;2-1(3,4)5/h10-25,27H,5-9,26H2,1-4H3;/q+1;-1. The van der Waals surface area contributed by atoms with E-state index >= 15 is 0 Å². The van der Waals surface area contributed by atoms with E-state index in [1.807, 2.05) is 31.2 Å². The Kier molecular flexibility index (Phi) is 11.5. The zero-order valence-corrected chi connectivity index (χ0v) is 31.0. The van der Waals surface area contributed by atoms with Crippen LogP contribution in [0.4, 0.5) is 17.3 Å². The van der Waals surface area contributed by atoms with Gasteiger partial charge in [-0.05, 0) is 81.1 Å². The first kappa shape index (κ1) is 37.5. The molecule has 0 aliphatic rings. The van der Waals surface area contributed by atoms with Gasteiger partial charge in [-0.15, -0.1) is 11.3 Å². The Bertz CT molecular complexity index is 2490. The molecular weight excluding hydrogens is 699 g/mol. The average molecular weight is 741 g/mol. The molecule has 4 aromatic carbocycles. The van der Waals surface area contributed by atoms with E-state index in [9.17, 15) is 22.1 Å². The molecule has 0 amide bonds. The number of ether oxygens (including phenoxy) is 1. The van der Waals surface area contributed by atoms with Crippen molar-refractivity contribution in [1.82, 2.24) is 14.1 Å². The van der Waals surface area contributed by atoms with E-state index in [4.69, 9.17) is 9.72 Å². The van der Waals surface area contributed by atoms with E-state index in [0.29, 0.717) is 12.2 Å². The van der Waals surface area contributed by atoms with Gasteiger partial charge in [-0.2, -0.15) is 0 Å². The average Bonchev–Trinajstić information content (AvgIpc) is 3.80. The van der Waals surface area contributed by atoms with Gasteiger partial charge in [-0.25, -0.2) is 18.9 Å². The first-order chi connectivity index (χ1) is 25.6. The molecular formula is C41H41BF4N4O2S. The molecule has 0 bridgehead atoms. The van der Waals surface area contributed by atoms with Crippen molar-refractivity contribution in [2.75, 3.05) is 6.61 Å². The molecule has 7 rings (SSSR count). The van der Waals surface area contributed by atoms with E-state index in [1.54, 1.807) is 11.3 Å². The number of benzene rings is 4. The van der Waals surface area contributed by atoms with Crippen LogP contribution in [0.15, 0.2) is 91.0 Å². The van der Waals surface area contributed by atoms with Crippen LogP contribution in [-0.2, 0) is 24.4 Å². The molecule has 0 atom stereocenters. The molecule has 0 aliphatic heterocycles. The van der Waals surface area contributed by atoms with Crippen molar-refractivity contribution in [2.24, 2.45) is 0 Å². The van der Waals surface area contributed by atoms with Crippen LogP contribution in [0, 0.1) is 0 Å². The number of unbranched alkanes of at least 4 members (excludes halogenated alkanes) is 1. The smallest absolute Gasteiger partial charge is 0.462 e. The van der Waals surface area contributed by atoms with Gasteiger partial charge in [0.15, 0.2) is 11.0 Å². The number of allylic oxidation sites excluding steroid dienone is 3. The Labute approximate surface area is 309 Å². The third-order valence-electron chi connectivity index (χ3n) is 9.10. The fourth-order valence-corrected chi connectivity index (χ4v) is 7.82. The number of aryl methyl sites for hydroxylation is 3. The summed E-state index contributed by atoms with van der Waals surface area (Å²) in [7, 11) is -6.00. The zero-order valence-electron chi connectivity index (χ0n) is 30.2. The van der Waals surface area contributed by atoms with Gasteiger partial charge in [-0.3, -0.25) is 0 Å². The molecule has 0 saturated heterocycles. The van der Waals surface area contributed by atoms with Crippen LogP contribution < -0.4 is 9.92 Å². The van der Waals surface area contributed by atoms with Gasteiger partial charge in [0, 0.05) is 45.9 Å². The fourth-order valence-electron chi connectivity index (χ4n) is 6.84. The molecule has 3 aromatic heterocycles. The largest absolute Gasteiger partial charge is 0.673 e. The third kappa shape index (κ3) is 8.07. The summed E-state index contributed by atoms with van der Waals surface area (Å²) in [5.74, 6) is 0.772. The second kappa shape index (κ2) is 16.2.